The van der Waals surface area contributed by atoms with Crippen LogP contribution in [0.1, 0.15) is 36.9 Å². The number of benzene rings is 1. The number of rotatable bonds is 4. The third-order valence-electron chi connectivity index (χ3n) is 4.53. The predicted octanol–water partition coefficient (Wildman–Crippen LogP) is 2.07. The third-order valence-corrected chi connectivity index (χ3v) is 6.42. The zero-order chi connectivity index (χ0) is 16.9. The van der Waals surface area contributed by atoms with Crippen molar-refractivity contribution < 1.29 is 17.2 Å². The normalized spacial score (nSPS) is 22.2. The molecule has 0 amide bonds. The minimum atomic E-state index is -4.07. The average molecular weight is 354 g/mol. The SMILES string of the molecule is O=S(=O)(c1cc(F)ccc1F)N1CCC(n2cc(C3CC3)nn2)C1. The minimum Gasteiger partial charge on any atom is -0.248 e. The van der Waals surface area contributed by atoms with E-state index >= 15 is 0 Å². The molecule has 2 fully saturated rings. The van der Waals surface area contributed by atoms with Gasteiger partial charge in [0.1, 0.15) is 16.5 Å². The first-order valence-electron chi connectivity index (χ1n) is 7.82. The third kappa shape index (κ3) is 2.71. The highest BCUT2D eigenvalue weighted by Crippen LogP contribution is 2.39. The fraction of sp³-hybridized carbons (Fsp3) is 0.467. The number of aromatic nitrogens is 3. The molecular formula is C15H16F2N4O2S. The smallest absolute Gasteiger partial charge is 0.246 e. The second-order valence-electron chi connectivity index (χ2n) is 6.28. The van der Waals surface area contributed by atoms with Crippen molar-refractivity contribution in [2.45, 2.75) is 36.1 Å². The molecule has 0 N–H and O–H groups in total. The van der Waals surface area contributed by atoms with E-state index in [9.17, 15) is 17.2 Å². The highest BCUT2D eigenvalue weighted by Gasteiger charge is 2.36. The zero-order valence-electron chi connectivity index (χ0n) is 12.8. The van der Waals surface area contributed by atoms with Gasteiger partial charge in [-0.25, -0.2) is 21.9 Å². The van der Waals surface area contributed by atoms with E-state index in [1.807, 2.05) is 6.20 Å². The maximum Gasteiger partial charge on any atom is 0.246 e. The van der Waals surface area contributed by atoms with Crippen LogP contribution in [0, 0.1) is 11.6 Å². The number of halogens is 2. The molecule has 1 atom stereocenters. The van der Waals surface area contributed by atoms with E-state index in [-0.39, 0.29) is 19.1 Å². The first-order valence-corrected chi connectivity index (χ1v) is 9.26. The molecular weight excluding hydrogens is 338 g/mol. The highest BCUT2D eigenvalue weighted by atomic mass is 32.2. The van der Waals surface area contributed by atoms with Gasteiger partial charge in [0.15, 0.2) is 0 Å². The first-order chi connectivity index (χ1) is 11.4. The molecule has 0 spiro atoms. The second kappa shape index (κ2) is 5.59. The van der Waals surface area contributed by atoms with Gasteiger partial charge in [-0.15, -0.1) is 5.10 Å². The molecule has 1 aliphatic heterocycles. The standard InChI is InChI=1S/C15H16F2N4O2S/c16-11-3-4-13(17)15(7-11)24(22,23)20-6-5-12(8-20)21-9-14(18-19-21)10-1-2-10/h3-4,7,9-10,12H,1-2,5-6,8H2. The lowest BCUT2D eigenvalue weighted by atomic mass is 10.2. The summed E-state index contributed by atoms with van der Waals surface area (Å²) in [6.07, 6.45) is 4.65. The van der Waals surface area contributed by atoms with Crippen molar-refractivity contribution >= 4 is 10.0 Å². The maximum absolute atomic E-state index is 13.8. The van der Waals surface area contributed by atoms with Crippen molar-refractivity contribution in [1.82, 2.24) is 19.3 Å². The molecule has 1 saturated carbocycles. The highest BCUT2D eigenvalue weighted by molar-refractivity contribution is 7.89. The molecule has 9 heteroatoms. The van der Waals surface area contributed by atoms with Gasteiger partial charge in [0, 0.05) is 25.2 Å². The van der Waals surface area contributed by atoms with Gasteiger partial charge in [-0.2, -0.15) is 4.31 Å². The van der Waals surface area contributed by atoms with Crippen molar-refractivity contribution in [2.24, 2.45) is 0 Å². The molecule has 1 aromatic carbocycles. The van der Waals surface area contributed by atoms with Crippen molar-refractivity contribution in [3.63, 3.8) is 0 Å². The Morgan fingerprint density at radius 3 is 2.71 bits per heavy atom. The molecule has 1 aromatic heterocycles. The van der Waals surface area contributed by atoms with Gasteiger partial charge in [-0.05, 0) is 37.5 Å². The van der Waals surface area contributed by atoms with Gasteiger partial charge in [-0.1, -0.05) is 5.21 Å². The number of sulfonamides is 1. The summed E-state index contributed by atoms with van der Waals surface area (Å²) in [5.41, 5.74) is 0.937. The first kappa shape index (κ1) is 15.6. The van der Waals surface area contributed by atoms with E-state index in [0.29, 0.717) is 12.3 Å². The maximum atomic E-state index is 13.8. The fourth-order valence-electron chi connectivity index (χ4n) is 2.99. The Morgan fingerprint density at radius 2 is 1.96 bits per heavy atom. The monoisotopic (exact) mass is 354 g/mol. The van der Waals surface area contributed by atoms with Crippen LogP contribution in [0.4, 0.5) is 8.78 Å². The number of hydrogen-bond donors (Lipinski definition) is 0. The molecule has 1 unspecified atom stereocenters. The summed E-state index contributed by atoms with van der Waals surface area (Å²) in [5.74, 6) is -1.26. The zero-order valence-corrected chi connectivity index (χ0v) is 13.6. The van der Waals surface area contributed by atoms with Gasteiger partial charge >= 0.3 is 0 Å². The van der Waals surface area contributed by atoms with Crippen LogP contribution >= 0.6 is 0 Å². The van der Waals surface area contributed by atoms with Crippen LogP contribution in [0.5, 0.6) is 0 Å². The molecule has 2 aliphatic rings. The Balaban J connectivity index is 1.55. The summed E-state index contributed by atoms with van der Waals surface area (Å²) in [6.45, 7) is 0.410. The van der Waals surface area contributed by atoms with Crippen LogP contribution in [0.3, 0.4) is 0 Å². The van der Waals surface area contributed by atoms with Gasteiger partial charge in [0.25, 0.3) is 0 Å². The summed E-state index contributed by atoms with van der Waals surface area (Å²) < 4.78 is 55.2. The molecule has 0 bridgehead atoms. The lowest BCUT2D eigenvalue weighted by molar-refractivity contribution is 0.425. The van der Waals surface area contributed by atoms with E-state index in [4.69, 9.17) is 0 Å². The molecule has 4 rings (SSSR count). The quantitative estimate of drug-likeness (QED) is 0.843. The molecule has 1 saturated heterocycles. The lowest BCUT2D eigenvalue weighted by Crippen LogP contribution is -2.30. The topological polar surface area (TPSA) is 68.1 Å². The molecule has 1 aliphatic carbocycles. The number of nitrogens with zero attached hydrogens (tertiary/aromatic N) is 4. The van der Waals surface area contributed by atoms with E-state index in [0.717, 1.165) is 36.7 Å². The van der Waals surface area contributed by atoms with Crippen LogP contribution in [0.25, 0.3) is 0 Å². The lowest BCUT2D eigenvalue weighted by Gasteiger charge is -2.17. The summed E-state index contributed by atoms with van der Waals surface area (Å²) in [6, 6.07) is 2.31. The summed E-state index contributed by atoms with van der Waals surface area (Å²) in [7, 11) is -4.07. The van der Waals surface area contributed by atoms with E-state index in [2.05, 4.69) is 10.3 Å². The Kier molecular flexibility index (Phi) is 3.65. The van der Waals surface area contributed by atoms with E-state index < -0.39 is 26.6 Å². The Morgan fingerprint density at radius 1 is 1.17 bits per heavy atom. The van der Waals surface area contributed by atoms with Gasteiger partial charge < -0.3 is 0 Å². The van der Waals surface area contributed by atoms with Crippen molar-refractivity contribution in [1.29, 1.82) is 0 Å². The average Bonchev–Trinajstić information content (AvgIpc) is 3.09. The van der Waals surface area contributed by atoms with Crippen LogP contribution in [-0.2, 0) is 10.0 Å². The van der Waals surface area contributed by atoms with Gasteiger partial charge in [0.2, 0.25) is 10.0 Å². The van der Waals surface area contributed by atoms with E-state index in [1.54, 1.807) is 4.68 Å². The van der Waals surface area contributed by atoms with Crippen molar-refractivity contribution in [3.8, 4) is 0 Å². The predicted molar refractivity (Wildman–Crippen MR) is 80.8 cm³/mol. The van der Waals surface area contributed by atoms with Crippen LogP contribution in [0.2, 0.25) is 0 Å². The molecule has 2 heterocycles. The molecule has 128 valence electrons. The summed E-state index contributed by atoms with van der Waals surface area (Å²) in [5, 5.41) is 8.22. The Hall–Kier alpha value is -1.87. The largest absolute Gasteiger partial charge is 0.248 e. The van der Waals surface area contributed by atoms with Crippen molar-refractivity contribution in [3.05, 3.63) is 41.7 Å². The molecule has 24 heavy (non-hydrogen) atoms. The van der Waals surface area contributed by atoms with Gasteiger partial charge in [-0.3, -0.25) is 0 Å². The van der Waals surface area contributed by atoms with Crippen LogP contribution < -0.4 is 0 Å². The van der Waals surface area contributed by atoms with Gasteiger partial charge in [0.05, 0.1) is 11.7 Å². The summed E-state index contributed by atoms with van der Waals surface area (Å²) >= 11 is 0. The number of hydrogen-bond acceptors (Lipinski definition) is 4. The Bertz CT molecular complexity index is 879. The Labute approximate surface area is 138 Å². The van der Waals surface area contributed by atoms with Crippen LogP contribution in [0.15, 0.2) is 29.3 Å². The summed E-state index contributed by atoms with van der Waals surface area (Å²) in [4.78, 5) is -0.625. The molecule has 0 radical (unpaired) electrons. The molecule has 2 aromatic rings. The van der Waals surface area contributed by atoms with E-state index in [1.165, 1.54) is 4.31 Å². The molecule has 6 nitrogen and oxygen atoms in total. The van der Waals surface area contributed by atoms with Crippen molar-refractivity contribution in [2.75, 3.05) is 13.1 Å². The fourth-order valence-corrected chi connectivity index (χ4v) is 4.56. The minimum absolute atomic E-state index is 0.142. The van der Waals surface area contributed by atoms with Crippen LogP contribution in [-0.4, -0.2) is 40.8 Å². The second-order valence-corrected chi connectivity index (χ2v) is 8.18.